The van der Waals surface area contributed by atoms with Gasteiger partial charge in [0.1, 0.15) is 11.5 Å². The first kappa shape index (κ1) is 21.0. The van der Waals surface area contributed by atoms with Crippen molar-refractivity contribution in [2.45, 2.75) is 32.9 Å². The first-order valence-corrected chi connectivity index (χ1v) is 11.3. The van der Waals surface area contributed by atoms with Gasteiger partial charge in [-0.3, -0.25) is 14.2 Å². The molecule has 0 saturated carbocycles. The van der Waals surface area contributed by atoms with Gasteiger partial charge in [-0.1, -0.05) is 30.3 Å². The Balaban J connectivity index is 1.50. The second-order valence-electron chi connectivity index (χ2n) is 8.41. The Hall–Kier alpha value is -3.87. The number of carbonyl (C=O) groups is 1. The molecule has 7 nitrogen and oxygen atoms in total. The molecule has 1 amide bonds. The smallest absolute Gasteiger partial charge is 0.263 e. The first-order chi connectivity index (χ1) is 16.1. The monoisotopic (exact) mass is 442 g/mol. The number of nitrogens with one attached hydrogen (secondary N) is 1. The number of aromatic nitrogens is 2. The molecule has 3 heterocycles. The van der Waals surface area contributed by atoms with E-state index < -0.39 is 0 Å². The number of fused-ring (bicyclic) bond motifs is 1. The van der Waals surface area contributed by atoms with Gasteiger partial charge in [-0.2, -0.15) is 0 Å². The van der Waals surface area contributed by atoms with Gasteiger partial charge in [0.05, 0.1) is 24.0 Å². The lowest BCUT2D eigenvalue weighted by atomic mass is 10.1. The summed E-state index contributed by atoms with van der Waals surface area (Å²) in [6.07, 6.45) is 2.15. The number of anilines is 1. The zero-order valence-corrected chi connectivity index (χ0v) is 18.6. The van der Waals surface area contributed by atoms with Crippen LogP contribution in [0.3, 0.4) is 0 Å². The van der Waals surface area contributed by atoms with Crippen LogP contribution in [0.2, 0.25) is 0 Å². The fourth-order valence-corrected chi connectivity index (χ4v) is 4.27. The average Bonchev–Trinajstić information content (AvgIpc) is 3.51. The van der Waals surface area contributed by atoms with Gasteiger partial charge in [-0.05, 0) is 55.7 Å². The van der Waals surface area contributed by atoms with Crippen LogP contribution in [0.15, 0.2) is 69.9 Å². The molecule has 1 aliphatic rings. The van der Waals surface area contributed by atoms with Crippen molar-refractivity contribution < 1.29 is 9.21 Å². The van der Waals surface area contributed by atoms with Gasteiger partial charge < -0.3 is 14.6 Å². The summed E-state index contributed by atoms with van der Waals surface area (Å²) in [6.45, 7) is 4.36. The Morgan fingerprint density at radius 3 is 2.58 bits per heavy atom. The molecule has 2 aromatic carbocycles. The second-order valence-corrected chi connectivity index (χ2v) is 8.41. The van der Waals surface area contributed by atoms with Crippen LogP contribution in [-0.4, -0.2) is 28.5 Å². The van der Waals surface area contributed by atoms with E-state index in [1.807, 2.05) is 49.4 Å². The Kier molecular flexibility index (Phi) is 5.69. The van der Waals surface area contributed by atoms with E-state index in [0.717, 1.165) is 37.3 Å². The van der Waals surface area contributed by atoms with E-state index in [2.05, 4.69) is 10.2 Å². The van der Waals surface area contributed by atoms with Crippen LogP contribution in [0, 0.1) is 6.92 Å². The van der Waals surface area contributed by atoms with Crippen molar-refractivity contribution in [2.75, 3.05) is 18.0 Å². The van der Waals surface area contributed by atoms with Gasteiger partial charge >= 0.3 is 0 Å². The van der Waals surface area contributed by atoms with E-state index in [-0.39, 0.29) is 11.5 Å². The third-order valence-electron chi connectivity index (χ3n) is 5.99. The number of rotatable bonds is 6. The number of benzene rings is 2. The molecular formula is C26H26N4O3. The van der Waals surface area contributed by atoms with Crippen LogP contribution in [0.4, 0.5) is 5.95 Å². The van der Waals surface area contributed by atoms with Crippen LogP contribution in [0.5, 0.6) is 0 Å². The molecule has 4 aromatic rings. The van der Waals surface area contributed by atoms with Crippen molar-refractivity contribution in [2.24, 2.45) is 0 Å². The van der Waals surface area contributed by atoms with E-state index in [0.29, 0.717) is 41.3 Å². The van der Waals surface area contributed by atoms with Crippen molar-refractivity contribution in [1.29, 1.82) is 0 Å². The number of aryl methyl sites for hydroxylation is 1. The molecule has 0 radical (unpaired) electrons. The number of hydrogen-bond donors (Lipinski definition) is 1. The average molecular weight is 443 g/mol. The normalized spacial score (nSPS) is 13.5. The fourth-order valence-electron chi connectivity index (χ4n) is 4.27. The van der Waals surface area contributed by atoms with Gasteiger partial charge in [0.15, 0.2) is 0 Å². The maximum atomic E-state index is 13.5. The molecule has 0 atom stereocenters. The predicted molar refractivity (Wildman–Crippen MR) is 128 cm³/mol. The minimum Gasteiger partial charge on any atom is -0.465 e. The molecule has 33 heavy (non-hydrogen) atoms. The lowest BCUT2D eigenvalue weighted by Crippen LogP contribution is -2.31. The van der Waals surface area contributed by atoms with Crippen molar-refractivity contribution in [1.82, 2.24) is 14.9 Å². The van der Waals surface area contributed by atoms with E-state index in [1.165, 1.54) is 0 Å². The molecule has 0 unspecified atom stereocenters. The Morgan fingerprint density at radius 1 is 1.06 bits per heavy atom. The second kappa shape index (κ2) is 8.94. The summed E-state index contributed by atoms with van der Waals surface area (Å²) in [5.41, 5.74) is 1.95. The summed E-state index contributed by atoms with van der Waals surface area (Å²) < 4.78 is 7.27. The van der Waals surface area contributed by atoms with E-state index >= 15 is 0 Å². The zero-order valence-electron chi connectivity index (χ0n) is 18.6. The number of furan rings is 1. The highest BCUT2D eigenvalue weighted by atomic mass is 16.3. The van der Waals surface area contributed by atoms with Crippen LogP contribution >= 0.6 is 0 Å². The summed E-state index contributed by atoms with van der Waals surface area (Å²) in [4.78, 5) is 33.2. The molecule has 1 aliphatic heterocycles. The minimum absolute atomic E-state index is 0.0937. The standard InChI is InChI=1S/C26H26N4O3/c1-18-9-11-21(33-18)16-27-24(31)20-10-12-22-23(15-20)28-26(29-13-5-6-14-29)30(25(22)32)17-19-7-3-2-4-8-19/h2-4,7-12,15H,5-6,13-14,16-17H2,1H3,(H,27,31). The third-order valence-corrected chi connectivity index (χ3v) is 5.99. The van der Waals surface area contributed by atoms with Gasteiger partial charge in [0.25, 0.3) is 11.5 Å². The highest BCUT2D eigenvalue weighted by Crippen LogP contribution is 2.21. The molecule has 5 rings (SSSR count). The Bertz CT molecular complexity index is 1350. The highest BCUT2D eigenvalue weighted by molar-refractivity contribution is 5.97. The van der Waals surface area contributed by atoms with E-state index in [4.69, 9.17) is 9.40 Å². The molecule has 1 N–H and O–H groups in total. The fraction of sp³-hybridized carbons (Fsp3) is 0.269. The molecule has 0 aliphatic carbocycles. The number of nitrogens with zero attached hydrogens (tertiary/aromatic N) is 3. The van der Waals surface area contributed by atoms with Gasteiger partial charge in [0, 0.05) is 18.7 Å². The van der Waals surface area contributed by atoms with Crippen LogP contribution < -0.4 is 15.8 Å². The quantitative estimate of drug-likeness (QED) is 0.490. The maximum absolute atomic E-state index is 13.5. The molecule has 0 bridgehead atoms. The Labute approximate surface area is 191 Å². The topological polar surface area (TPSA) is 80.4 Å². The molecule has 168 valence electrons. The third kappa shape index (κ3) is 4.39. The molecule has 1 fully saturated rings. The van der Waals surface area contributed by atoms with Crippen LogP contribution in [-0.2, 0) is 13.1 Å². The number of carbonyl (C=O) groups excluding carboxylic acids is 1. The van der Waals surface area contributed by atoms with E-state index in [1.54, 1.807) is 22.8 Å². The van der Waals surface area contributed by atoms with Gasteiger partial charge in [-0.25, -0.2) is 4.98 Å². The highest BCUT2D eigenvalue weighted by Gasteiger charge is 2.21. The summed E-state index contributed by atoms with van der Waals surface area (Å²) in [6, 6.07) is 18.7. The molecule has 1 saturated heterocycles. The van der Waals surface area contributed by atoms with Gasteiger partial charge in [-0.15, -0.1) is 0 Å². The summed E-state index contributed by atoms with van der Waals surface area (Å²) >= 11 is 0. The largest absolute Gasteiger partial charge is 0.465 e. The first-order valence-electron chi connectivity index (χ1n) is 11.3. The number of amides is 1. The predicted octanol–water partition coefficient (Wildman–Crippen LogP) is 3.88. The summed E-state index contributed by atoms with van der Waals surface area (Å²) in [5.74, 6) is 1.93. The molecular weight excluding hydrogens is 416 g/mol. The maximum Gasteiger partial charge on any atom is 0.263 e. The van der Waals surface area contributed by atoms with Crippen LogP contribution in [0.25, 0.3) is 10.9 Å². The minimum atomic E-state index is -0.232. The van der Waals surface area contributed by atoms with E-state index in [9.17, 15) is 9.59 Å². The molecule has 2 aromatic heterocycles. The SMILES string of the molecule is Cc1ccc(CNC(=O)c2ccc3c(=O)n(Cc4ccccc4)c(N4CCCC4)nc3c2)o1. The van der Waals surface area contributed by atoms with Crippen molar-refractivity contribution in [3.63, 3.8) is 0 Å². The molecule has 7 heteroatoms. The Morgan fingerprint density at radius 2 is 1.85 bits per heavy atom. The van der Waals surface area contributed by atoms with Gasteiger partial charge in [0.2, 0.25) is 5.95 Å². The van der Waals surface area contributed by atoms with Crippen molar-refractivity contribution >= 4 is 22.8 Å². The zero-order chi connectivity index (χ0) is 22.8. The lowest BCUT2D eigenvalue weighted by molar-refractivity contribution is 0.0948. The lowest BCUT2D eigenvalue weighted by Gasteiger charge is -2.22. The summed E-state index contributed by atoms with van der Waals surface area (Å²) in [7, 11) is 0. The van der Waals surface area contributed by atoms with Crippen molar-refractivity contribution in [3.8, 4) is 0 Å². The number of hydrogen-bond acceptors (Lipinski definition) is 5. The molecule has 0 spiro atoms. The van der Waals surface area contributed by atoms with Crippen molar-refractivity contribution in [3.05, 3.63) is 93.7 Å². The summed E-state index contributed by atoms with van der Waals surface area (Å²) in [5, 5.41) is 3.37. The van der Waals surface area contributed by atoms with Crippen LogP contribution in [0.1, 0.15) is 40.3 Å².